The van der Waals surface area contributed by atoms with E-state index >= 15 is 0 Å². The van der Waals surface area contributed by atoms with Crippen LogP contribution in [0, 0.1) is 0 Å². The van der Waals surface area contributed by atoms with Crippen molar-refractivity contribution in [3.05, 3.63) is 66.4 Å². The highest BCUT2D eigenvalue weighted by Crippen LogP contribution is 2.26. The second-order valence-electron chi connectivity index (χ2n) is 6.38. The Balaban J connectivity index is 1.47. The molecule has 0 aliphatic rings. The molecule has 27 heavy (non-hydrogen) atoms. The lowest BCUT2D eigenvalue weighted by Gasteiger charge is -2.22. The molecule has 1 amide bonds. The summed E-state index contributed by atoms with van der Waals surface area (Å²) in [5.74, 6) is 1.11. The zero-order valence-corrected chi connectivity index (χ0v) is 15.1. The zero-order valence-electron chi connectivity index (χ0n) is 15.1. The number of carbonyl (C=O) groups excluding carboxylic acids is 1. The van der Waals surface area contributed by atoms with Gasteiger partial charge in [0, 0.05) is 18.0 Å². The first-order chi connectivity index (χ1) is 13.1. The lowest BCUT2D eigenvalue weighted by atomic mass is 10.2. The molecule has 2 aromatic carbocycles. The molecular formula is C20H19N5O2. The topological polar surface area (TPSA) is 77.0 Å². The zero-order chi connectivity index (χ0) is 18.8. The summed E-state index contributed by atoms with van der Waals surface area (Å²) in [4.78, 5) is 15.6. The molecule has 0 N–H and O–H groups in total. The summed E-state index contributed by atoms with van der Waals surface area (Å²) >= 11 is 0. The summed E-state index contributed by atoms with van der Waals surface area (Å²) in [5.41, 5.74) is 1.67. The Morgan fingerprint density at radius 3 is 2.67 bits per heavy atom. The minimum Gasteiger partial charge on any atom is -0.459 e. The summed E-state index contributed by atoms with van der Waals surface area (Å²) in [6, 6.07) is 19.1. The van der Waals surface area contributed by atoms with Crippen LogP contribution in [0.2, 0.25) is 0 Å². The number of amides is 1. The maximum atomic E-state index is 12.6. The smallest absolute Gasteiger partial charge is 0.246 e. The van der Waals surface area contributed by atoms with Crippen LogP contribution in [0.4, 0.5) is 0 Å². The Morgan fingerprint density at radius 2 is 1.89 bits per heavy atom. The van der Waals surface area contributed by atoms with Gasteiger partial charge in [0.2, 0.25) is 11.7 Å². The molecule has 4 aromatic rings. The number of carbonyl (C=O) groups is 1. The number of hydrogen-bond acceptors (Lipinski definition) is 5. The van der Waals surface area contributed by atoms with Crippen LogP contribution in [0.25, 0.3) is 22.4 Å². The Kier molecular flexibility index (Phi) is 4.42. The number of benzene rings is 2. The Bertz CT molecular complexity index is 1040. The lowest BCUT2D eigenvalue weighted by molar-refractivity contribution is -0.133. The number of hydrogen-bond donors (Lipinski definition) is 0. The van der Waals surface area contributed by atoms with Crippen LogP contribution in [0.15, 0.2) is 65.1 Å². The van der Waals surface area contributed by atoms with Gasteiger partial charge in [0.05, 0.1) is 6.04 Å². The van der Waals surface area contributed by atoms with E-state index in [4.69, 9.17) is 4.42 Å². The van der Waals surface area contributed by atoms with Gasteiger partial charge in [-0.15, -0.1) is 10.2 Å². The molecule has 0 fully saturated rings. The van der Waals surface area contributed by atoms with Crippen LogP contribution in [0.1, 0.15) is 18.7 Å². The average molecular weight is 361 g/mol. The quantitative estimate of drug-likeness (QED) is 0.545. The van der Waals surface area contributed by atoms with Crippen LogP contribution in [-0.4, -0.2) is 38.1 Å². The summed E-state index contributed by atoms with van der Waals surface area (Å²) < 4.78 is 5.87. The van der Waals surface area contributed by atoms with E-state index in [1.54, 1.807) is 11.9 Å². The van der Waals surface area contributed by atoms with E-state index in [-0.39, 0.29) is 18.5 Å². The molecule has 0 aliphatic carbocycles. The van der Waals surface area contributed by atoms with E-state index in [0.717, 1.165) is 22.3 Å². The minimum atomic E-state index is -0.206. The summed E-state index contributed by atoms with van der Waals surface area (Å²) in [6.07, 6.45) is 0. The second-order valence-corrected chi connectivity index (χ2v) is 6.38. The summed E-state index contributed by atoms with van der Waals surface area (Å²) in [5, 5.41) is 13.3. The number of rotatable bonds is 5. The fraction of sp³-hybridized carbons (Fsp3) is 0.200. The van der Waals surface area contributed by atoms with Crippen molar-refractivity contribution in [2.75, 3.05) is 7.05 Å². The first kappa shape index (κ1) is 17.0. The average Bonchev–Trinajstić information content (AvgIpc) is 3.34. The van der Waals surface area contributed by atoms with E-state index in [1.165, 1.54) is 4.80 Å². The van der Waals surface area contributed by atoms with Crippen molar-refractivity contribution in [3.63, 3.8) is 0 Å². The maximum Gasteiger partial charge on any atom is 0.246 e. The molecule has 7 heteroatoms. The molecule has 7 nitrogen and oxygen atoms in total. The Morgan fingerprint density at radius 1 is 1.15 bits per heavy atom. The van der Waals surface area contributed by atoms with E-state index in [2.05, 4.69) is 15.4 Å². The van der Waals surface area contributed by atoms with Crippen molar-refractivity contribution in [1.29, 1.82) is 0 Å². The van der Waals surface area contributed by atoms with Gasteiger partial charge in [-0.1, -0.05) is 48.5 Å². The minimum absolute atomic E-state index is 0.0148. The van der Waals surface area contributed by atoms with E-state index < -0.39 is 0 Å². The highest BCUT2D eigenvalue weighted by atomic mass is 16.3. The number of likely N-dealkylation sites (N-methyl/N-ethyl adjacent to an activating group) is 1. The van der Waals surface area contributed by atoms with Crippen molar-refractivity contribution in [1.82, 2.24) is 25.1 Å². The summed E-state index contributed by atoms with van der Waals surface area (Å²) in [6.45, 7) is 1.95. The standard InChI is InChI=1S/C20H19N5O2/c1-14(18-12-16-10-6-7-11-17(16)27-18)24(2)19(26)13-25-22-20(21-23-25)15-8-4-3-5-9-15/h3-12,14H,13H2,1-2H3. The molecule has 1 atom stereocenters. The van der Waals surface area contributed by atoms with Crippen molar-refractivity contribution >= 4 is 16.9 Å². The largest absolute Gasteiger partial charge is 0.459 e. The highest BCUT2D eigenvalue weighted by Gasteiger charge is 2.22. The van der Waals surface area contributed by atoms with Gasteiger partial charge in [-0.25, -0.2) is 0 Å². The third-order valence-electron chi connectivity index (χ3n) is 4.59. The van der Waals surface area contributed by atoms with Crippen LogP contribution in [0.5, 0.6) is 0 Å². The molecule has 0 saturated carbocycles. The van der Waals surface area contributed by atoms with Gasteiger partial charge in [0.15, 0.2) is 0 Å². The Labute approximate surface area is 156 Å². The van der Waals surface area contributed by atoms with Gasteiger partial charge >= 0.3 is 0 Å². The van der Waals surface area contributed by atoms with E-state index in [9.17, 15) is 4.79 Å². The molecule has 0 saturated heterocycles. The third kappa shape index (κ3) is 3.44. The van der Waals surface area contributed by atoms with E-state index in [0.29, 0.717) is 5.82 Å². The van der Waals surface area contributed by atoms with Crippen LogP contribution >= 0.6 is 0 Å². The number of para-hydroxylation sites is 1. The number of aromatic nitrogens is 4. The number of nitrogens with zero attached hydrogens (tertiary/aromatic N) is 5. The molecule has 1 unspecified atom stereocenters. The predicted octanol–water partition coefficient (Wildman–Crippen LogP) is 3.31. The van der Waals surface area contributed by atoms with Crippen LogP contribution in [0.3, 0.4) is 0 Å². The first-order valence-electron chi connectivity index (χ1n) is 8.69. The third-order valence-corrected chi connectivity index (χ3v) is 4.59. The van der Waals surface area contributed by atoms with Gasteiger partial charge in [-0.05, 0) is 24.3 Å². The maximum absolute atomic E-state index is 12.6. The Hall–Kier alpha value is -3.48. The molecule has 2 aromatic heterocycles. The molecular weight excluding hydrogens is 342 g/mol. The molecule has 0 spiro atoms. The van der Waals surface area contributed by atoms with Gasteiger partial charge in [0.1, 0.15) is 17.9 Å². The predicted molar refractivity (Wildman–Crippen MR) is 101 cm³/mol. The fourth-order valence-electron chi connectivity index (χ4n) is 2.86. The summed E-state index contributed by atoms with van der Waals surface area (Å²) in [7, 11) is 1.75. The molecule has 0 bridgehead atoms. The fourth-order valence-corrected chi connectivity index (χ4v) is 2.86. The highest BCUT2D eigenvalue weighted by molar-refractivity contribution is 5.79. The molecule has 0 aliphatic heterocycles. The van der Waals surface area contributed by atoms with Gasteiger partial charge < -0.3 is 9.32 Å². The number of tetrazole rings is 1. The normalized spacial score (nSPS) is 12.2. The number of fused-ring (bicyclic) bond motifs is 1. The van der Waals surface area contributed by atoms with E-state index in [1.807, 2.05) is 67.6 Å². The monoisotopic (exact) mass is 361 g/mol. The molecule has 2 heterocycles. The van der Waals surface area contributed by atoms with Crippen LogP contribution in [-0.2, 0) is 11.3 Å². The second kappa shape index (κ2) is 7.03. The lowest BCUT2D eigenvalue weighted by Crippen LogP contribution is -2.33. The van der Waals surface area contributed by atoms with Crippen molar-refractivity contribution < 1.29 is 9.21 Å². The number of furan rings is 1. The van der Waals surface area contributed by atoms with Crippen molar-refractivity contribution in [3.8, 4) is 11.4 Å². The van der Waals surface area contributed by atoms with Gasteiger partial charge in [-0.2, -0.15) is 4.80 Å². The van der Waals surface area contributed by atoms with Crippen molar-refractivity contribution in [2.45, 2.75) is 19.5 Å². The molecule has 4 rings (SSSR count). The van der Waals surface area contributed by atoms with Crippen LogP contribution < -0.4 is 0 Å². The van der Waals surface area contributed by atoms with Crippen molar-refractivity contribution in [2.24, 2.45) is 0 Å². The molecule has 0 radical (unpaired) electrons. The first-order valence-corrected chi connectivity index (χ1v) is 8.69. The van der Waals surface area contributed by atoms with Gasteiger partial charge in [0.25, 0.3) is 0 Å². The molecule has 136 valence electrons. The van der Waals surface area contributed by atoms with Gasteiger partial charge in [-0.3, -0.25) is 4.79 Å². The SMILES string of the molecule is CC(c1cc2ccccc2o1)N(C)C(=O)Cn1nnc(-c2ccccc2)n1.